The summed E-state index contributed by atoms with van der Waals surface area (Å²) < 4.78 is 28.9. The van der Waals surface area contributed by atoms with Crippen LogP contribution < -0.4 is 9.05 Å². The van der Waals surface area contributed by atoms with Crippen molar-refractivity contribution in [3.63, 3.8) is 0 Å². The van der Waals surface area contributed by atoms with Gasteiger partial charge in [-0.25, -0.2) is 4.57 Å². The minimum Gasteiger partial charge on any atom is -0.465 e. The van der Waals surface area contributed by atoms with Gasteiger partial charge in [-0.05, 0) is 19.1 Å². The van der Waals surface area contributed by atoms with Crippen molar-refractivity contribution < 1.29 is 23.1 Å². The van der Waals surface area contributed by atoms with Crippen LogP contribution in [0.5, 0.6) is 11.5 Å². The van der Waals surface area contributed by atoms with E-state index in [1.807, 2.05) is 24.3 Å². The first-order chi connectivity index (χ1) is 10.6. The van der Waals surface area contributed by atoms with Crippen LogP contribution in [-0.2, 0) is 14.1 Å². The minimum absolute atomic E-state index is 0.214. The zero-order chi connectivity index (χ0) is 15.6. The van der Waals surface area contributed by atoms with E-state index in [1.165, 1.54) is 0 Å². The van der Waals surface area contributed by atoms with Crippen LogP contribution >= 0.6 is 7.60 Å². The van der Waals surface area contributed by atoms with E-state index in [1.54, 1.807) is 31.2 Å². The number of carbonyl (C=O) groups excluding carboxylic acids is 1. The average Bonchev–Trinajstić information content (AvgIpc) is 2.60. The lowest BCUT2D eigenvalue weighted by molar-refractivity contribution is -0.140. The molecule has 0 amide bonds. The summed E-state index contributed by atoms with van der Waals surface area (Å²) >= 11 is 0. The molecule has 6 heteroatoms. The molecule has 5 nitrogen and oxygen atoms in total. The van der Waals surface area contributed by atoms with Crippen molar-refractivity contribution in [2.24, 2.45) is 0 Å². The Labute approximate surface area is 128 Å². The van der Waals surface area contributed by atoms with Crippen LogP contribution in [0.15, 0.2) is 48.5 Å². The molecule has 0 saturated carbocycles. The Balaban J connectivity index is 2.05. The van der Waals surface area contributed by atoms with Gasteiger partial charge in [-0.1, -0.05) is 36.4 Å². The van der Waals surface area contributed by atoms with Crippen molar-refractivity contribution >= 4 is 13.6 Å². The lowest BCUT2D eigenvalue weighted by Crippen LogP contribution is -2.15. The SMILES string of the molecule is CCOC(=O)CP1(=O)Oc2ccccc2-c2ccccc2O1. The van der Waals surface area contributed by atoms with Gasteiger partial charge in [-0.3, -0.25) is 4.79 Å². The number of para-hydroxylation sites is 2. The Kier molecular flexibility index (Phi) is 3.90. The van der Waals surface area contributed by atoms with Gasteiger partial charge in [-0.2, -0.15) is 0 Å². The summed E-state index contributed by atoms with van der Waals surface area (Å²) in [5.41, 5.74) is 1.55. The topological polar surface area (TPSA) is 61.8 Å². The van der Waals surface area contributed by atoms with Crippen molar-refractivity contribution in [1.29, 1.82) is 0 Å². The van der Waals surface area contributed by atoms with E-state index in [-0.39, 0.29) is 6.61 Å². The Morgan fingerprint density at radius 2 is 1.50 bits per heavy atom. The molecule has 0 bridgehead atoms. The zero-order valence-electron chi connectivity index (χ0n) is 12.0. The summed E-state index contributed by atoms with van der Waals surface area (Å²) in [6.07, 6.45) is -0.427. The third-order valence-corrected chi connectivity index (χ3v) is 4.76. The fraction of sp³-hybridized carbons (Fsp3) is 0.188. The molecule has 0 unspecified atom stereocenters. The van der Waals surface area contributed by atoms with Crippen molar-refractivity contribution in [2.45, 2.75) is 6.92 Å². The molecule has 0 fully saturated rings. The lowest BCUT2D eigenvalue weighted by atomic mass is 10.0. The van der Waals surface area contributed by atoms with Crippen LogP contribution in [0.1, 0.15) is 6.92 Å². The lowest BCUT2D eigenvalue weighted by Gasteiger charge is -2.17. The van der Waals surface area contributed by atoms with Crippen LogP contribution in [0, 0.1) is 0 Å². The van der Waals surface area contributed by atoms with Gasteiger partial charge in [0.2, 0.25) is 0 Å². The highest BCUT2D eigenvalue weighted by atomic mass is 31.2. The van der Waals surface area contributed by atoms with E-state index in [2.05, 4.69) is 0 Å². The van der Waals surface area contributed by atoms with Crippen molar-refractivity contribution in [1.82, 2.24) is 0 Å². The number of hydrogen-bond acceptors (Lipinski definition) is 5. The molecule has 0 atom stereocenters. The van der Waals surface area contributed by atoms with Gasteiger partial charge in [0.05, 0.1) is 6.61 Å². The molecule has 114 valence electrons. The van der Waals surface area contributed by atoms with Crippen LogP contribution in [0.4, 0.5) is 0 Å². The standard InChI is InChI=1S/C16H15O5P/c1-2-19-16(17)11-22(18)20-14-9-5-3-7-12(14)13-8-4-6-10-15(13)21-22/h3-10H,2,11H2,1H3. The Hall–Kier alpha value is -2.26. The molecule has 0 N–H and O–H groups in total. The molecule has 0 aromatic heterocycles. The first-order valence-corrected chi connectivity index (χ1v) is 8.66. The quantitative estimate of drug-likeness (QED) is 0.635. The third kappa shape index (κ3) is 2.85. The van der Waals surface area contributed by atoms with Crippen molar-refractivity contribution in [3.05, 3.63) is 48.5 Å². The summed E-state index contributed by atoms with van der Waals surface area (Å²) in [7, 11) is -3.68. The highest BCUT2D eigenvalue weighted by Crippen LogP contribution is 2.55. The van der Waals surface area contributed by atoms with Crippen molar-refractivity contribution in [2.75, 3.05) is 12.8 Å². The monoisotopic (exact) mass is 318 g/mol. The Morgan fingerprint density at radius 3 is 2.00 bits per heavy atom. The van der Waals surface area contributed by atoms with Crippen LogP contribution in [0.2, 0.25) is 0 Å². The van der Waals surface area contributed by atoms with Gasteiger partial charge in [0.1, 0.15) is 11.5 Å². The molecule has 0 saturated heterocycles. The number of ether oxygens (including phenoxy) is 1. The molecule has 3 rings (SSSR count). The molecular weight excluding hydrogens is 303 g/mol. The smallest absolute Gasteiger partial charge is 0.441 e. The molecule has 1 heterocycles. The van der Waals surface area contributed by atoms with E-state index in [9.17, 15) is 9.36 Å². The van der Waals surface area contributed by atoms with E-state index in [0.29, 0.717) is 11.5 Å². The molecule has 0 radical (unpaired) electrons. The molecule has 1 aliphatic rings. The number of rotatable bonds is 3. The molecule has 2 aromatic rings. The van der Waals surface area contributed by atoms with Gasteiger partial charge >= 0.3 is 13.6 Å². The molecular formula is C16H15O5P. The van der Waals surface area contributed by atoms with Gasteiger partial charge in [0.25, 0.3) is 0 Å². The molecule has 0 aliphatic carbocycles. The van der Waals surface area contributed by atoms with Crippen molar-refractivity contribution in [3.8, 4) is 22.6 Å². The second kappa shape index (κ2) is 5.85. The van der Waals surface area contributed by atoms with Gasteiger partial charge < -0.3 is 13.8 Å². The predicted molar refractivity (Wildman–Crippen MR) is 82.2 cm³/mol. The molecule has 22 heavy (non-hydrogen) atoms. The summed E-state index contributed by atoms with van der Waals surface area (Å²) in [5.74, 6) is 0.253. The van der Waals surface area contributed by atoms with E-state index in [0.717, 1.165) is 11.1 Å². The average molecular weight is 318 g/mol. The summed E-state index contributed by atoms with van der Waals surface area (Å²) in [6.45, 7) is 1.90. The minimum atomic E-state index is -3.68. The summed E-state index contributed by atoms with van der Waals surface area (Å²) in [6, 6.07) is 14.4. The van der Waals surface area contributed by atoms with E-state index >= 15 is 0 Å². The number of esters is 1. The maximum absolute atomic E-state index is 12.9. The van der Waals surface area contributed by atoms with E-state index in [4.69, 9.17) is 13.8 Å². The van der Waals surface area contributed by atoms with Crippen LogP contribution in [0.3, 0.4) is 0 Å². The highest BCUT2D eigenvalue weighted by molar-refractivity contribution is 7.55. The maximum Gasteiger partial charge on any atom is 0.441 e. The fourth-order valence-corrected chi connectivity index (χ4v) is 3.78. The van der Waals surface area contributed by atoms with Gasteiger partial charge in [0.15, 0.2) is 6.16 Å². The fourth-order valence-electron chi connectivity index (χ4n) is 2.29. The Morgan fingerprint density at radius 1 is 1.00 bits per heavy atom. The zero-order valence-corrected chi connectivity index (χ0v) is 12.9. The largest absolute Gasteiger partial charge is 0.465 e. The first-order valence-electron chi connectivity index (χ1n) is 6.93. The second-order valence-corrected chi connectivity index (χ2v) is 6.65. The first kappa shape index (κ1) is 14.7. The number of carbonyl (C=O) groups is 1. The molecule has 0 spiro atoms. The van der Waals surface area contributed by atoms with Gasteiger partial charge in [-0.15, -0.1) is 0 Å². The summed E-state index contributed by atoms with van der Waals surface area (Å²) in [4.78, 5) is 11.7. The predicted octanol–water partition coefficient (Wildman–Crippen LogP) is 3.88. The van der Waals surface area contributed by atoms with Crippen LogP contribution in [-0.4, -0.2) is 18.7 Å². The van der Waals surface area contributed by atoms with Gasteiger partial charge in [0, 0.05) is 11.1 Å². The second-order valence-electron chi connectivity index (χ2n) is 4.75. The molecule has 2 aromatic carbocycles. The molecule has 1 aliphatic heterocycles. The number of fused-ring (bicyclic) bond motifs is 3. The summed E-state index contributed by atoms with van der Waals surface area (Å²) in [5, 5.41) is 0. The maximum atomic E-state index is 12.9. The third-order valence-electron chi connectivity index (χ3n) is 3.17. The Bertz CT molecular complexity index is 704. The van der Waals surface area contributed by atoms with E-state index < -0.39 is 19.7 Å². The highest BCUT2D eigenvalue weighted by Gasteiger charge is 2.36. The number of benzene rings is 2. The normalized spacial score (nSPS) is 14.6. The number of hydrogen-bond donors (Lipinski definition) is 0. The van der Waals surface area contributed by atoms with Crippen LogP contribution in [0.25, 0.3) is 11.1 Å².